The molecular weight excluding hydrogens is 268 g/mol. The number of ether oxygens (including phenoxy) is 2. The van der Waals surface area contributed by atoms with Crippen molar-refractivity contribution in [2.45, 2.75) is 26.2 Å². The summed E-state index contributed by atoms with van der Waals surface area (Å²) in [6, 6.07) is 0. The molecule has 0 aromatic carbocycles. The minimum Gasteiger partial charge on any atom is -0.382 e. The van der Waals surface area contributed by atoms with Crippen LogP contribution in [0.25, 0.3) is 0 Å². The van der Waals surface area contributed by atoms with Gasteiger partial charge in [0.2, 0.25) is 0 Å². The molecule has 19 heavy (non-hydrogen) atoms. The van der Waals surface area contributed by atoms with Crippen LogP contribution in [0.15, 0.2) is 0 Å². The van der Waals surface area contributed by atoms with Crippen LogP contribution in [0, 0.1) is 5.92 Å². The first-order valence-electron chi connectivity index (χ1n) is 6.87. The molecule has 1 fully saturated rings. The molecular formula is C12H26N2O4S. The normalized spacial score (nSPS) is 21.7. The Morgan fingerprint density at radius 1 is 1.32 bits per heavy atom. The molecule has 1 N–H and O–H groups in total. The van der Waals surface area contributed by atoms with Crippen LogP contribution in [0.5, 0.6) is 0 Å². The van der Waals surface area contributed by atoms with E-state index in [1.54, 1.807) is 11.4 Å². The standard InChI is InChI=1S/C12H26N2O4S/c1-12-5-3-7-14(11-12)19(15,16)13-6-4-8-18-10-9-17-2/h12-13H,3-11H2,1-2H3/t12-/m1/s1. The van der Waals surface area contributed by atoms with E-state index in [0.29, 0.717) is 51.8 Å². The molecule has 1 rings (SSSR count). The van der Waals surface area contributed by atoms with E-state index in [9.17, 15) is 8.42 Å². The van der Waals surface area contributed by atoms with Gasteiger partial charge in [-0.25, -0.2) is 4.72 Å². The number of hydrogen-bond acceptors (Lipinski definition) is 4. The van der Waals surface area contributed by atoms with E-state index in [1.807, 2.05) is 0 Å². The van der Waals surface area contributed by atoms with Crippen LogP contribution in [0.3, 0.4) is 0 Å². The van der Waals surface area contributed by atoms with Gasteiger partial charge in [0.15, 0.2) is 0 Å². The van der Waals surface area contributed by atoms with Crippen molar-refractivity contribution in [1.82, 2.24) is 9.03 Å². The van der Waals surface area contributed by atoms with Crippen LogP contribution in [-0.2, 0) is 19.7 Å². The van der Waals surface area contributed by atoms with Crippen molar-refractivity contribution in [2.75, 3.05) is 46.6 Å². The lowest BCUT2D eigenvalue weighted by Gasteiger charge is -2.29. The summed E-state index contributed by atoms with van der Waals surface area (Å²) in [5.74, 6) is 0.447. The molecule has 0 spiro atoms. The lowest BCUT2D eigenvalue weighted by atomic mass is 10.0. The second kappa shape index (κ2) is 8.86. The van der Waals surface area contributed by atoms with Crippen LogP contribution in [0.1, 0.15) is 26.2 Å². The van der Waals surface area contributed by atoms with Gasteiger partial charge in [-0.1, -0.05) is 6.92 Å². The highest BCUT2D eigenvalue weighted by molar-refractivity contribution is 7.87. The summed E-state index contributed by atoms with van der Waals surface area (Å²) in [4.78, 5) is 0. The number of piperidine rings is 1. The van der Waals surface area contributed by atoms with Crippen molar-refractivity contribution < 1.29 is 17.9 Å². The van der Waals surface area contributed by atoms with Crippen LogP contribution in [-0.4, -0.2) is 59.3 Å². The molecule has 6 nitrogen and oxygen atoms in total. The Labute approximate surface area is 116 Å². The Bertz CT molecular complexity index is 335. The molecule has 0 aromatic rings. The van der Waals surface area contributed by atoms with Gasteiger partial charge in [0, 0.05) is 33.4 Å². The molecule has 7 heteroatoms. The van der Waals surface area contributed by atoms with Crippen molar-refractivity contribution >= 4 is 10.2 Å². The van der Waals surface area contributed by atoms with Gasteiger partial charge in [-0.15, -0.1) is 0 Å². The summed E-state index contributed by atoms with van der Waals surface area (Å²) in [5, 5.41) is 0. The average Bonchev–Trinajstić information content (AvgIpc) is 2.38. The van der Waals surface area contributed by atoms with E-state index in [1.165, 1.54) is 0 Å². The van der Waals surface area contributed by atoms with Crippen LogP contribution >= 0.6 is 0 Å². The fourth-order valence-corrected chi connectivity index (χ4v) is 3.48. The van der Waals surface area contributed by atoms with Gasteiger partial charge < -0.3 is 9.47 Å². The molecule has 0 radical (unpaired) electrons. The second-order valence-corrected chi connectivity index (χ2v) is 6.72. The van der Waals surface area contributed by atoms with E-state index in [2.05, 4.69) is 11.6 Å². The van der Waals surface area contributed by atoms with E-state index < -0.39 is 10.2 Å². The van der Waals surface area contributed by atoms with E-state index >= 15 is 0 Å². The van der Waals surface area contributed by atoms with Gasteiger partial charge in [-0.05, 0) is 25.2 Å². The first-order valence-corrected chi connectivity index (χ1v) is 8.31. The lowest BCUT2D eigenvalue weighted by Crippen LogP contribution is -2.45. The number of hydrogen-bond donors (Lipinski definition) is 1. The maximum Gasteiger partial charge on any atom is 0.279 e. The molecule has 1 saturated heterocycles. The van der Waals surface area contributed by atoms with Crippen LogP contribution < -0.4 is 4.72 Å². The van der Waals surface area contributed by atoms with Crippen molar-refractivity contribution in [3.05, 3.63) is 0 Å². The zero-order chi connectivity index (χ0) is 14.1. The third-order valence-corrected chi connectivity index (χ3v) is 4.72. The number of rotatable bonds is 9. The summed E-state index contributed by atoms with van der Waals surface area (Å²) in [7, 11) is -1.69. The quantitative estimate of drug-likeness (QED) is 0.633. The molecule has 114 valence electrons. The SMILES string of the molecule is COCCOCCCNS(=O)(=O)N1CCC[C@@H](C)C1. The van der Waals surface area contributed by atoms with Gasteiger partial charge in [0.1, 0.15) is 0 Å². The first kappa shape index (κ1) is 16.8. The molecule has 1 aliphatic heterocycles. The van der Waals surface area contributed by atoms with E-state index in [4.69, 9.17) is 9.47 Å². The lowest BCUT2D eigenvalue weighted by molar-refractivity contribution is 0.0699. The smallest absolute Gasteiger partial charge is 0.279 e. The first-order chi connectivity index (χ1) is 9.06. The highest BCUT2D eigenvalue weighted by Gasteiger charge is 2.26. The molecule has 0 aromatic heterocycles. The second-order valence-electron chi connectivity index (χ2n) is 4.96. The minimum absolute atomic E-state index is 0.417. The highest BCUT2D eigenvalue weighted by atomic mass is 32.2. The number of nitrogens with zero attached hydrogens (tertiary/aromatic N) is 1. The molecule has 1 atom stereocenters. The molecule has 1 heterocycles. The summed E-state index contributed by atoms with van der Waals surface area (Å²) < 4.78 is 38.3. The minimum atomic E-state index is -3.31. The van der Waals surface area contributed by atoms with Gasteiger partial charge in [-0.3, -0.25) is 0 Å². The summed E-state index contributed by atoms with van der Waals surface area (Å²) in [5.41, 5.74) is 0. The Morgan fingerprint density at radius 2 is 2.11 bits per heavy atom. The molecule has 1 aliphatic rings. The molecule has 0 amide bonds. The van der Waals surface area contributed by atoms with E-state index in [0.717, 1.165) is 12.8 Å². The third-order valence-electron chi connectivity index (χ3n) is 3.14. The summed E-state index contributed by atoms with van der Waals surface area (Å²) >= 11 is 0. The predicted molar refractivity (Wildman–Crippen MR) is 74.2 cm³/mol. The van der Waals surface area contributed by atoms with Crippen LogP contribution in [0.4, 0.5) is 0 Å². The molecule has 0 saturated carbocycles. The summed E-state index contributed by atoms with van der Waals surface area (Å²) in [6.07, 6.45) is 2.73. The van der Waals surface area contributed by atoms with Crippen molar-refractivity contribution in [2.24, 2.45) is 5.92 Å². The maximum atomic E-state index is 12.0. The topological polar surface area (TPSA) is 67.9 Å². The highest BCUT2D eigenvalue weighted by Crippen LogP contribution is 2.17. The largest absolute Gasteiger partial charge is 0.382 e. The number of methoxy groups -OCH3 is 1. The predicted octanol–water partition coefficient (Wildman–Crippen LogP) is 0.606. The van der Waals surface area contributed by atoms with Gasteiger partial charge >= 0.3 is 0 Å². The van der Waals surface area contributed by atoms with Crippen LogP contribution in [0.2, 0.25) is 0 Å². The average molecular weight is 294 g/mol. The molecule has 0 aliphatic carbocycles. The van der Waals surface area contributed by atoms with E-state index in [-0.39, 0.29) is 0 Å². The Balaban J connectivity index is 2.16. The fraction of sp³-hybridized carbons (Fsp3) is 1.00. The Morgan fingerprint density at radius 3 is 2.79 bits per heavy atom. The Kier molecular flexibility index (Phi) is 7.86. The molecule has 0 unspecified atom stereocenters. The summed E-state index contributed by atoms with van der Waals surface area (Å²) in [6.45, 7) is 5.42. The van der Waals surface area contributed by atoms with Gasteiger partial charge in [-0.2, -0.15) is 12.7 Å². The monoisotopic (exact) mass is 294 g/mol. The zero-order valence-corrected chi connectivity index (χ0v) is 12.7. The number of nitrogens with one attached hydrogen (secondary N) is 1. The van der Waals surface area contributed by atoms with Crippen molar-refractivity contribution in [3.8, 4) is 0 Å². The van der Waals surface area contributed by atoms with Crippen molar-refractivity contribution in [3.63, 3.8) is 0 Å². The maximum absolute atomic E-state index is 12.0. The third kappa shape index (κ3) is 6.67. The van der Waals surface area contributed by atoms with Crippen molar-refractivity contribution in [1.29, 1.82) is 0 Å². The van der Waals surface area contributed by atoms with Gasteiger partial charge in [0.05, 0.1) is 13.2 Å². The fourth-order valence-electron chi connectivity index (χ4n) is 2.08. The Hall–Kier alpha value is -0.210. The zero-order valence-electron chi connectivity index (χ0n) is 11.9. The van der Waals surface area contributed by atoms with Gasteiger partial charge in [0.25, 0.3) is 10.2 Å². The molecule has 0 bridgehead atoms.